The molecule has 2 fully saturated rings. The molecule has 2 aliphatic carbocycles. The molecule has 114 valence electrons. The molecule has 0 spiro atoms. The Bertz CT molecular complexity index is 413. The molecule has 2 bridgehead atoms. The number of rotatable bonds is 5. The Kier molecular flexibility index (Phi) is 3.79. The second-order valence-electron chi connectivity index (χ2n) is 8.15. The van der Waals surface area contributed by atoms with Crippen molar-refractivity contribution in [3.05, 3.63) is 12.7 Å². The van der Waals surface area contributed by atoms with Crippen molar-refractivity contribution in [3.63, 3.8) is 0 Å². The number of hydrogen-bond donors (Lipinski definition) is 0. The van der Waals surface area contributed by atoms with Crippen LogP contribution in [0.4, 0.5) is 0 Å². The third-order valence-electron chi connectivity index (χ3n) is 6.17. The maximum Gasteiger partial charge on any atom is 0.362 e. The summed E-state index contributed by atoms with van der Waals surface area (Å²) < 4.78 is 6.49. The molecule has 20 heavy (non-hydrogen) atoms. The number of hydrogen-bond acceptors (Lipinski definition) is 2. The van der Waals surface area contributed by atoms with Gasteiger partial charge in [-0.15, -0.1) is 0 Å². The molecule has 3 nitrogen and oxygen atoms in total. The van der Waals surface area contributed by atoms with Crippen molar-refractivity contribution in [2.45, 2.75) is 46.1 Å². The van der Waals surface area contributed by atoms with E-state index in [-0.39, 0.29) is 17.5 Å². The van der Waals surface area contributed by atoms with Gasteiger partial charge in [0.05, 0.1) is 20.6 Å². The molecule has 2 rings (SSSR count). The summed E-state index contributed by atoms with van der Waals surface area (Å²) in [5.74, 6) is 0.646. The Morgan fingerprint density at radius 3 is 2.50 bits per heavy atom. The van der Waals surface area contributed by atoms with Crippen LogP contribution in [0.25, 0.3) is 0 Å². The number of fused-ring (bicyclic) bond motifs is 2. The predicted molar refractivity (Wildman–Crippen MR) is 81.1 cm³/mol. The Hall–Kier alpha value is -0.830. The smallest absolute Gasteiger partial charge is 0.362 e. The molecule has 0 saturated heterocycles. The van der Waals surface area contributed by atoms with Gasteiger partial charge >= 0.3 is 5.97 Å². The lowest BCUT2D eigenvalue weighted by Gasteiger charge is -2.38. The van der Waals surface area contributed by atoms with Crippen LogP contribution in [-0.2, 0) is 9.53 Å². The molecular formula is C17H30NO2+. The van der Waals surface area contributed by atoms with Crippen LogP contribution >= 0.6 is 0 Å². The average molecular weight is 280 g/mol. The summed E-state index contributed by atoms with van der Waals surface area (Å²) in [6.45, 7) is 11.9. The first-order valence-corrected chi connectivity index (χ1v) is 7.75. The summed E-state index contributed by atoms with van der Waals surface area (Å²) in [5.41, 5.74) is 0.451. The lowest BCUT2D eigenvalue weighted by atomic mass is 9.70. The highest BCUT2D eigenvalue weighted by atomic mass is 16.5. The van der Waals surface area contributed by atoms with Gasteiger partial charge in [-0.25, -0.2) is 4.79 Å². The van der Waals surface area contributed by atoms with E-state index in [1.807, 2.05) is 20.2 Å². The Morgan fingerprint density at radius 1 is 1.40 bits per heavy atom. The van der Waals surface area contributed by atoms with E-state index in [1.165, 1.54) is 12.8 Å². The monoisotopic (exact) mass is 280 g/mol. The maximum atomic E-state index is 12.2. The van der Waals surface area contributed by atoms with E-state index in [2.05, 4.69) is 27.4 Å². The Balaban J connectivity index is 1.99. The summed E-state index contributed by atoms with van der Waals surface area (Å²) in [5, 5.41) is 0. The minimum atomic E-state index is -0.0635. The van der Waals surface area contributed by atoms with Gasteiger partial charge in [0, 0.05) is 5.41 Å². The second-order valence-corrected chi connectivity index (χ2v) is 8.15. The molecular weight excluding hydrogens is 250 g/mol. The van der Waals surface area contributed by atoms with Gasteiger partial charge in [-0.2, -0.15) is 0 Å². The first kappa shape index (κ1) is 15.6. The van der Waals surface area contributed by atoms with Gasteiger partial charge in [0.15, 0.2) is 6.54 Å². The van der Waals surface area contributed by atoms with Crippen molar-refractivity contribution < 1.29 is 14.0 Å². The van der Waals surface area contributed by atoms with Crippen molar-refractivity contribution >= 4 is 5.97 Å². The van der Waals surface area contributed by atoms with Crippen molar-refractivity contribution in [1.29, 1.82) is 0 Å². The van der Waals surface area contributed by atoms with Crippen LogP contribution in [0, 0.1) is 16.7 Å². The number of nitrogens with zero attached hydrogens (tertiary/aromatic N) is 1. The number of carbonyl (C=O) groups excluding carboxylic acids is 1. The quantitative estimate of drug-likeness (QED) is 0.439. The first-order valence-electron chi connectivity index (χ1n) is 7.75. The highest BCUT2D eigenvalue weighted by Crippen LogP contribution is 2.66. The Morgan fingerprint density at radius 2 is 2.05 bits per heavy atom. The van der Waals surface area contributed by atoms with E-state index in [0.717, 1.165) is 13.0 Å². The number of ether oxygens (including phenoxy) is 1. The summed E-state index contributed by atoms with van der Waals surface area (Å²) in [6, 6.07) is 0. The molecule has 0 N–H and O–H groups in total. The summed E-state index contributed by atoms with van der Waals surface area (Å²) in [7, 11) is 4.07. The standard InChI is InChI=1S/C17H30NO2/c1-7-10-18(5,6)12-15(19)20-14-11-13-8-9-17(14,4)16(13,2)3/h7,13-14H,1,8-12H2,2-6H3/q+1/t13-,14+,17+/m0/s1. The van der Waals surface area contributed by atoms with Gasteiger partial charge in [-0.1, -0.05) is 27.4 Å². The van der Waals surface area contributed by atoms with E-state index in [9.17, 15) is 4.79 Å². The van der Waals surface area contributed by atoms with Crippen molar-refractivity contribution in [1.82, 2.24) is 0 Å². The molecule has 2 saturated carbocycles. The number of quaternary nitrogens is 1. The van der Waals surface area contributed by atoms with Gasteiger partial charge < -0.3 is 9.22 Å². The first-order chi connectivity index (χ1) is 9.12. The lowest BCUT2D eigenvalue weighted by Crippen LogP contribution is -2.46. The molecule has 0 radical (unpaired) electrons. The van der Waals surface area contributed by atoms with Crippen molar-refractivity contribution in [2.75, 3.05) is 27.2 Å². The lowest BCUT2D eigenvalue weighted by molar-refractivity contribution is -0.877. The number of carbonyl (C=O) groups is 1. The van der Waals surface area contributed by atoms with E-state index < -0.39 is 0 Å². The SMILES string of the molecule is C=CC[N+](C)(C)CC(=O)O[C@@H]1C[C@@H]2CC[C@@]1(C)C2(C)C. The maximum absolute atomic E-state index is 12.2. The van der Waals surface area contributed by atoms with Crippen LogP contribution in [0.15, 0.2) is 12.7 Å². The van der Waals surface area contributed by atoms with Crippen LogP contribution in [0.2, 0.25) is 0 Å². The van der Waals surface area contributed by atoms with Crippen LogP contribution in [0.5, 0.6) is 0 Å². The molecule has 0 aromatic heterocycles. The molecule has 3 atom stereocenters. The zero-order chi connectivity index (χ0) is 15.2. The van der Waals surface area contributed by atoms with Crippen LogP contribution in [-0.4, -0.2) is 43.7 Å². The van der Waals surface area contributed by atoms with Gasteiger partial charge in [-0.3, -0.25) is 0 Å². The molecule has 0 aromatic rings. The normalized spacial score (nSPS) is 35.0. The molecule has 0 heterocycles. The molecule has 0 unspecified atom stereocenters. The van der Waals surface area contributed by atoms with Gasteiger partial charge in [0.25, 0.3) is 0 Å². The second kappa shape index (κ2) is 4.87. The molecule has 0 amide bonds. The molecule has 0 aliphatic heterocycles. The van der Waals surface area contributed by atoms with Crippen molar-refractivity contribution in [2.24, 2.45) is 16.7 Å². The molecule has 3 heteroatoms. The van der Waals surface area contributed by atoms with E-state index in [1.54, 1.807) is 0 Å². The Labute approximate surface area is 123 Å². The minimum Gasteiger partial charge on any atom is -0.458 e. The summed E-state index contributed by atoms with van der Waals surface area (Å²) in [4.78, 5) is 12.2. The summed E-state index contributed by atoms with van der Waals surface area (Å²) in [6.07, 6.45) is 5.48. The zero-order valence-corrected chi connectivity index (χ0v) is 13.7. The molecule has 0 aromatic carbocycles. The van der Waals surface area contributed by atoms with Crippen LogP contribution < -0.4 is 0 Å². The van der Waals surface area contributed by atoms with Gasteiger partial charge in [-0.05, 0) is 36.7 Å². The average Bonchev–Trinajstić information content (AvgIpc) is 2.60. The number of likely N-dealkylation sites (N-methyl/N-ethyl adjacent to an activating group) is 1. The van der Waals surface area contributed by atoms with E-state index in [0.29, 0.717) is 22.4 Å². The van der Waals surface area contributed by atoms with Gasteiger partial charge in [0.1, 0.15) is 6.10 Å². The zero-order valence-electron chi connectivity index (χ0n) is 13.7. The molecule has 2 aliphatic rings. The third kappa shape index (κ3) is 2.41. The highest BCUT2D eigenvalue weighted by Gasteiger charge is 2.62. The highest BCUT2D eigenvalue weighted by molar-refractivity contribution is 5.71. The number of esters is 1. The fourth-order valence-corrected chi connectivity index (χ4v) is 4.27. The third-order valence-corrected chi connectivity index (χ3v) is 6.17. The fraction of sp³-hybridized carbons (Fsp3) is 0.824. The van der Waals surface area contributed by atoms with Gasteiger partial charge in [0.2, 0.25) is 0 Å². The van der Waals surface area contributed by atoms with E-state index in [4.69, 9.17) is 4.74 Å². The van der Waals surface area contributed by atoms with E-state index >= 15 is 0 Å². The summed E-state index contributed by atoms with van der Waals surface area (Å²) >= 11 is 0. The fourth-order valence-electron chi connectivity index (χ4n) is 4.27. The predicted octanol–water partition coefficient (Wildman–Crippen LogP) is 3.01. The van der Waals surface area contributed by atoms with Crippen molar-refractivity contribution in [3.8, 4) is 0 Å². The minimum absolute atomic E-state index is 0.0635. The van der Waals surface area contributed by atoms with Crippen LogP contribution in [0.3, 0.4) is 0 Å². The topological polar surface area (TPSA) is 26.3 Å². The largest absolute Gasteiger partial charge is 0.458 e. The van der Waals surface area contributed by atoms with Crippen LogP contribution in [0.1, 0.15) is 40.0 Å².